The van der Waals surface area contributed by atoms with Gasteiger partial charge in [-0.3, -0.25) is 0 Å². The molecule has 2 heterocycles. The molecule has 2 fully saturated rings. The van der Waals surface area contributed by atoms with Crippen molar-refractivity contribution in [2.75, 3.05) is 24.7 Å². The van der Waals surface area contributed by atoms with Gasteiger partial charge < -0.3 is 9.84 Å². The molecule has 0 unspecified atom stereocenters. The van der Waals surface area contributed by atoms with Crippen LogP contribution >= 0.6 is 11.8 Å². The maximum absolute atomic E-state index is 9.89. The number of aliphatic hydroxyl groups is 1. The average Bonchev–Trinajstić information content (AvgIpc) is 2.13. The van der Waals surface area contributed by atoms with Crippen molar-refractivity contribution in [3.05, 3.63) is 0 Å². The first kappa shape index (κ1) is 9.81. The van der Waals surface area contributed by atoms with Crippen LogP contribution in [-0.4, -0.2) is 35.4 Å². The molecule has 0 aromatic heterocycles. The summed E-state index contributed by atoms with van der Waals surface area (Å²) in [5.74, 6) is 2.72. The van der Waals surface area contributed by atoms with Crippen molar-refractivity contribution in [1.29, 1.82) is 0 Å². The van der Waals surface area contributed by atoms with E-state index in [-0.39, 0.29) is 5.60 Å². The van der Waals surface area contributed by atoms with E-state index < -0.39 is 0 Å². The maximum atomic E-state index is 9.89. The maximum Gasteiger partial charge on any atom is 0.0827 e. The summed E-state index contributed by atoms with van der Waals surface area (Å²) in [5, 5.41) is 9.89. The lowest BCUT2D eigenvalue weighted by molar-refractivity contribution is 0.0358. The van der Waals surface area contributed by atoms with Crippen molar-refractivity contribution >= 4 is 11.8 Å². The minimum atomic E-state index is -0.303. The first-order valence-corrected chi connectivity index (χ1v) is 6.32. The predicted molar refractivity (Wildman–Crippen MR) is 55.1 cm³/mol. The normalized spacial score (nSPS) is 28.4. The molecule has 0 bridgehead atoms. The van der Waals surface area contributed by atoms with Crippen molar-refractivity contribution < 1.29 is 9.84 Å². The summed E-state index contributed by atoms with van der Waals surface area (Å²) in [4.78, 5) is 0. The summed E-state index contributed by atoms with van der Waals surface area (Å²) in [6.07, 6.45) is 4.59. The van der Waals surface area contributed by atoms with E-state index in [0.29, 0.717) is 0 Å². The van der Waals surface area contributed by atoms with Gasteiger partial charge in [0.2, 0.25) is 0 Å². The summed E-state index contributed by atoms with van der Waals surface area (Å²) in [7, 11) is 0. The van der Waals surface area contributed by atoms with Crippen molar-refractivity contribution in [3.8, 4) is 0 Å². The van der Waals surface area contributed by atoms with Crippen molar-refractivity contribution in [2.24, 2.45) is 5.92 Å². The van der Waals surface area contributed by atoms with Crippen molar-refractivity contribution in [3.63, 3.8) is 0 Å². The molecule has 0 atom stereocenters. The lowest BCUT2D eigenvalue weighted by Gasteiger charge is -2.37. The van der Waals surface area contributed by atoms with Crippen LogP contribution in [0.15, 0.2) is 0 Å². The lowest BCUT2D eigenvalue weighted by Crippen LogP contribution is -2.43. The fourth-order valence-electron chi connectivity index (χ4n) is 1.99. The minimum Gasteiger partial charge on any atom is -0.388 e. The van der Waals surface area contributed by atoms with Crippen molar-refractivity contribution in [1.82, 2.24) is 0 Å². The largest absolute Gasteiger partial charge is 0.388 e. The highest BCUT2D eigenvalue weighted by molar-refractivity contribution is 8.00. The number of ether oxygens (including phenoxy) is 1. The Labute approximate surface area is 84.0 Å². The molecule has 13 heavy (non-hydrogen) atoms. The SMILES string of the molecule is OC1(CCC2CCOCC2)CSC1. The van der Waals surface area contributed by atoms with Crippen LogP contribution in [0.25, 0.3) is 0 Å². The summed E-state index contributed by atoms with van der Waals surface area (Å²) in [6.45, 7) is 1.86. The van der Waals surface area contributed by atoms with Crippen LogP contribution in [0.1, 0.15) is 25.7 Å². The fraction of sp³-hybridized carbons (Fsp3) is 1.00. The van der Waals surface area contributed by atoms with Gasteiger partial charge in [0.1, 0.15) is 0 Å². The van der Waals surface area contributed by atoms with Gasteiger partial charge in [0, 0.05) is 24.7 Å². The van der Waals surface area contributed by atoms with Gasteiger partial charge >= 0.3 is 0 Å². The van der Waals surface area contributed by atoms with Crippen LogP contribution in [-0.2, 0) is 4.74 Å². The smallest absolute Gasteiger partial charge is 0.0827 e. The third-order valence-electron chi connectivity index (χ3n) is 3.10. The monoisotopic (exact) mass is 202 g/mol. The average molecular weight is 202 g/mol. The van der Waals surface area contributed by atoms with E-state index in [2.05, 4.69) is 0 Å². The van der Waals surface area contributed by atoms with E-state index in [1.807, 2.05) is 11.8 Å². The van der Waals surface area contributed by atoms with Gasteiger partial charge in [-0.1, -0.05) is 0 Å². The third-order valence-corrected chi connectivity index (χ3v) is 4.58. The molecule has 2 saturated heterocycles. The topological polar surface area (TPSA) is 29.5 Å². The van der Waals surface area contributed by atoms with Crippen LogP contribution in [0.5, 0.6) is 0 Å². The molecule has 3 heteroatoms. The number of thioether (sulfide) groups is 1. The van der Waals surface area contributed by atoms with Gasteiger partial charge in [-0.05, 0) is 31.6 Å². The fourth-order valence-corrected chi connectivity index (χ4v) is 2.95. The number of hydrogen-bond acceptors (Lipinski definition) is 3. The third kappa shape index (κ3) is 2.61. The second-order valence-electron chi connectivity index (χ2n) is 4.31. The molecule has 0 amide bonds. The Morgan fingerprint density at radius 3 is 2.54 bits per heavy atom. The van der Waals surface area contributed by atoms with Crippen LogP contribution in [0.2, 0.25) is 0 Å². The highest BCUT2D eigenvalue weighted by atomic mass is 32.2. The Morgan fingerprint density at radius 1 is 1.31 bits per heavy atom. The van der Waals surface area contributed by atoms with Gasteiger partial charge in [0.05, 0.1) is 5.60 Å². The molecule has 0 saturated carbocycles. The van der Waals surface area contributed by atoms with Gasteiger partial charge in [0.25, 0.3) is 0 Å². The highest BCUT2D eigenvalue weighted by Gasteiger charge is 2.35. The molecule has 2 aliphatic rings. The van der Waals surface area contributed by atoms with Crippen LogP contribution in [0.4, 0.5) is 0 Å². The lowest BCUT2D eigenvalue weighted by atomic mass is 9.89. The van der Waals surface area contributed by atoms with E-state index in [1.165, 1.54) is 19.3 Å². The minimum absolute atomic E-state index is 0.303. The zero-order valence-corrected chi connectivity index (χ0v) is 8.81. The van der Waals surface area contributed by atoms with Crippen LogP contribution in [0.3, 0.4) is 0 Å². The van der Waals surface area contributed by atoms with E-state index in [9.17, 15) is 5.11 Å². The molecule has 76 valence electrons. The Kier molecular flexibility index (Phi) is 3.17. The molecule has 2 nitrogen and oxygen atoms in total. The predicted octanol–water partition coefficient (Wildman–Crippen LogP) is 1.67. The van der Waals surface area contributed by atoms with E-state index in [0.717, 1.165) is 37.1 Å². The van der Waals surface area contributed by atoms with Crippen LogP contribution < -0.4 is 0 Å². The van der Waals surface area contributed by atoms with Gasteiger partial charge in [-0.15, -0.1) is 0 Å². The quantitative estimate of drug-likeness (QED) is 0.755. The molecule has 0 spiro atoms. The van der Waals surface area contributed by atoms with E-state index >= 15 is 0 Å². The molecule has 2 aliphatic heterocycles. The molecule has 0 aromatic rings. The second-order valence-corrected chi connectivity index (χ2v) is 5.30. The molecule has 1 N–H and O–H groups in total. The molecule has 0 radical (unpaired) electrons. The zero-order valence-electron chi connectivity index (χ0n) is 8.00. The van der Waals surface area contributed by atoms with Crippen LogP contribution in [0, 0.1) is 5.92 Å². The first-order valence-electron chi connectivity index (χ1n) is 5.16. The summed E-state index contributed by atoms with van der Waals surface area (Å²) in [6, 6.07) is 0. The molecule has 0 aliphatic carbocycles. The Balaban J connectivity index is 1.66. The first-order chi connectivity index (χ1) is 6.29. The zero-order chi connectivity index (χ0) is 9.15. The van der Waals surface area contributed by atoms with Gasteiger partial charge in [-0.2, -0.15) is 11.8 Å². The standard InChI is InChI=1S/C10H18O2S/c11-10(7-13-8-10)4-1-9-2-5-12-6-3-9/h9,11H,1-8H2. The molecular formula is C10H18O2S. The van der Waals surface area contributed by atoms with E-state index in [1.54, 1.807) is 0 Å². The summed E-state index contributed by atoms with van der Waals surface area (Å²) >= 11 is 1.86. The van der Waals surface area contributed by atoms with E-state index in [4.69, 9.17) is 4.74 Å². The Bertz CT molecular complexity index is 162. The molecule has 2 rings (SSSR count). The highest BCUT2D eigenvalue weighted by Crippen LogP contribution is 2.35. The Morgan fingerprint density at radius 2 is 2.00 bits per heavy atom. The number of hydrogen-bond donors (Lipinski definition) is 1. The van der Waals surface area contributed by atoms with Crippen molar-refractivity contribution in [2.45, 2.75) is 31.3 Å². The molecular weight excluding hydrogens is 184 g/mol. The number of rotatable bonds is 3. The van der Waals surface area contributed by atoms with Gasteiger partial charge in [0.15, 0.2) is 0 Å². The summed E-state index contributed by atoms with van der Waals surface area (Å²) < 4.78 is 5.31. The second kappa shape index (κ2) is 4.20. The Hall–Kier alpha value is 0.270. The molecule has 0 aromatic carbocycles. The summed E-state index contributed by atoms with van der Waals surface area (Å²) in [5.41, 5.74) is -0.303. The van der Waals surface area contributed by atoms with Gasteiger partial charge in [-0.25, -0.2) is 0 Å².